The van der Waals surface area contributed by atoms with E-state index in [9.17, 15) is 96.2 Å². The molecule has 14 N–H and O–H groups in total. The van der Waals surface area contributed by atoms with Crippen LogP contribution >= 0.6 is 0 Å². The van der Waals surface area contributed by atoms with Crippen LogP contribution in [0, 0.1) is 0 Å². The van der Waals surface area contributed by atoms with E-state index in [0.717, 1.165) is 13.8 Å². The molecule has 4 saturated heterocycles. The van der Waals surface area contributed by atoms with Crippen molar-refractivity contribution in [2.24, 2.45) is 0 Å². The zero-order valence-corrected chi connectivity index (χ0v) is 32.7. The molecular formula is C28H44N2O29S2. The molecule has 31 nitrogen and oxygen atoms in total. The molecule has 61 heavy (non-hydrogen) atoms. The van der Waals surface area contributed by atoms with Crippen LogP contribution in [0.2, 0.25) is 0 Å². The van der Waals surface area contributed by atoms with Crippen LogP contribution in [-0.2, 0) is 81.5 Å². The number of carboxylic acids is 2. The number of ether oxygens (including phenoxy) is 7. The second-order valence-electron chi connectivity index (χ2n) is 13.7. The Hall–Kier alpha value is -2.98. The third-order valence-electron chi connectivity index (χ3n) is 9.35. The van der Waals surface area contributed by atoms with Crippen molar-refractivity contribution in [3.63, 3.8) is 0 Å². The summed E-state index contributed by atoms with van der Waals surface area (Å²) in [5.41, 5.74) is 0. The van der Waals surface area contributed by atoms with E-state index >= 15 is 0 Å². The molecule has 20 atom stereocenters. The lowest BCUT2D eigenvalue weighted by Crippen LogP contribution is -2.71. The van der Waals surface area contributed by atoms with Crippen molar-refractivity contribution in [3.8, 4) is 0 Å². The van der Waals surface area contributed by atoms with Crippen molar-refractivity contribution in [1.82, 2.24) is 10.6 Å². The van der Waals surface area contributed by atoms with Crippen molar-refractivity contribution in [1.29, 1.82) is 0 Å². The number of rotatable bonds is 16. The first kappa shape index (κ1) is 50.7. The molecule has 4 aliphatic rings. The molecule has 0 bridgehead atoms. The average molecular weight is 937 g/mol. The number of carbonyl (C=O) groups excluding carboxylic acids is 2. The van der Waals surface area contributed by atoms with Gasteiger partial charge in [0.25, 0.3) is 0 Å². The van der Waals surface area contributed by atoms with Gasteiger partial charge in [0.15, 0.2) is 37.4 Å². The number of carbonyl (C=O) groups is 4. The van der Waals surface area contributed by atoms with E-state index in [0.29, 0.717) is 0 Å². The second kappa shape index (κ2) is 20.2. The average Bonchev–Trinajstić information content (AvgIpc) is 3.13. The van der Waals surface area contributed by atoms with E-state index in [4.69, 9.17) is 33.2 Å². The lowest BCUT2D eigenvalue weighted by atomic mass is 9.94. The van der Waals surface area contributed by atoms with Crippen LogP contribution in [0.3, 0.4) is 0 Å². The SMILES string of the molecule is CC(=O)NC1C(OC2C(C(=O)O)OC(OC3C(NC(C)=O)C(O)OC(CO)C3OS(=O)(=O)O)C(O)C2O)OC(COS(=O)(=O)O)C(O)C1OC1OC(C(=O)O)C(O)C(O)C1O. The third kappa shape index (κ3) is 12.4. The fraction of sp³-hybridized carbons (Fsp3) is 0.857. The Labute approximate surface area is 342 Å². The molecule has 4 rings (SSSR count). The highest BCUT2D eigenvalue weighted by atomic mass is 32.3. The smallest absolute Gasteiger partial charge is 0.397 e. The number of amides is 2. The lowest BCUT2D eigenvalue weighted by molar-refractivity contribution is -0.367. The minimum Gasteiger partial charge on any atom is -0.479 e. The van der Waals surface area contributed by atoms with Gasteiger partial charge < -0.3 is 94.9 Å². The van der Waals surface area contributed by atoms with Crippen LogP contribution in [0.15, 0.2) is 0 Å². The molecule has 0 aliphatic carbocycles. The Morgan fingerprint density at radius 3 is 1.57 bits per heavy atom. The fourth-order valence-electron chi connectivity index (χ4n) is 6.68. The van der Waals surface area contributed by atoms with Crippen molar-refractivity contribution in [2.45, 2.75) is 137 Å². The van der Waals surface area contributed by atoms with Crippen molar-refractivity contribution in [2.75, 3.05) is 13.2 Å². The Morgan fingerprint density at radius 1 is 0.557 bits per heavy atom. The maximum absolute atomic E-state index is 12.6. The van der Waals surface area contributed by atoms with Gasteiger partial charge in [0, 0.05) is 13.8 Å². The quantitative estimate of drug-likeness (QED) is 0.0639. The molecule has 0 aromatic heterocycles. The van der Waals surface area contributed by atoms with Crippen LogP contribution in [-0.4, -0.2) is 237 Å². The standard InChI is InChI=1S/C28H44N2O29S2/c1-5(32)29-9-19(17(59-61(48,49)50)7(3-31)52-25(9)44)55-28-16(39)14(37)20(22(58-28)24(42)43)56-26-10(30-6(2)33)18(11(34)8(53-26)4-51-60(45,46)47)54-27-15(38)12(35)13(36)21(57-27)23(40)41/h7-22,25-28,31,34-39,44H,3-4H2,1-2H3,(H,29,32)(H,30,33)(H,40,41)(H,42,43)(H,45,46,47)(H,48,49,50). The molecule has 4 heterocycles. The molecule has 0 saturated carbocycles. The van der Waals surface area contributed by atoms with E-state index in [1.165, 1.54) is 0 Å². The summed E-state index contributed by atoms with van der Waals surface area (Å²) in [5, 5.41) is 109. The van der Waals surface area contributed by atoms with E-state index in [2.05, 4.69) is 19.0 Å². The summed E-state index contributed by atoms with van der Waals surface area (Å²) in [6.07, 6.45) is -41.3. The zero-order chi connectivity index (χ0) is 46.0. The summed E-state index contributed by atoms with van der Waals surface area (Å²) in [6.45, 7) is -0.751. The Bertz CT molecular complexity index is 1790. The van der Waals surface area contributed by atoms with Crippen LogP contribution < -0.4 is 10.6 Å². The molecule has 0 aromatic rings. The van der Waals surface area contributed by atoms with Crippen LogP contribution in [0.25, 0.3) is 0 Å². The molecule has 0 spiro atoms. The Morgan fingerprint density at radius 2 is 1.07 bits per heavy atom. The molecule has 0 radical (unpaired) electrons. The number of nitrogens with one attached hydrogen (secondary N) is 2. The zero-order valence-electron chi connectivity index (χ0n) is 31.1. The number of carboxylic acid groups (broad SMARTS) is 2. The monoisotopic (exact) mass is 936 g/mol. The van der Waals surface area contributed by atoms with E-state index in [1.807, 2.05) is 0 Å². The largest absolute Gasteiger partial charge is 0.479 e. The first-order valence-corrected chi connectivity index (χ1v) is 20.1. The first-order chi connectivity index (χ1) is 28.1. The van der Waals surface area contributed by atoms with Gasteiger partial charge in [0.1, 0.15) is 85.3 Å². The molecule has 20 unspecified atom stereocenters. The van der Waals surface area contributed by atoms with Crippen LogP contribution in [0.4, 0.5) is 0 Å². The number of aliphatic carboxylic acids is 2. The van der Waals surface area contributed by atoms with Gasteiger partial charge in [-0.2, -0.15) is 16.8 Å². The molecule has 2 amide bonds. The van der Waals surface area contributed by atoms with Gasteiger partial charge in [-0.3, -0.25) is 18.7 Å². The summed E-state index contributed by atoms with van der Waals surface area (Å²) in [5.74, 6) is -5.91. The number of aliphatic hydroxyl groups is 8. The molecule has 4 aliphatic heterocycles. The number of aliphatic hydroxyl groups excluding tert-OH is 8. The second-order valence-corrected chi connectivity index (χ2v) is 15.9. The predicted octanol–water partition coefficient (Wildman–Crippen LogP) is -9.62. The third-order valence-corrected chi connectivity index (χ3v) is 10.2. The summed E-state index contributed by atoms with van der Waals surface area (Å²) in [4.78, 5) is 48.8. The van der Waals surface area contributed by atoms with Gasteiger partial charge in [-0.1, -0.05) is 0 Å². The molecular weight excluding hydrogens is 892 g/mol. The van der Waals surface area contributed by atoms with Gasteiger partial charge in [0.05, 0.1) is 13.2 Å². The predicted molar refractivity (Wildman–Crippen MR) is 179 cm³/mol. The van der Waals surface area contributed by atoms with Crippen molar-refractivity contribution >= 4 is 44.6 Å². The number of hydrogen-bond acceptors (Lipinski definition) is 25. The van der Waals surface area contributed by atoms with Crippen molar-refractivity contribution < 1.29 is 138 Å². The van der Waals surface area contributed by atoms with Crippen molar-refractivity contribution in [3.05, 3.63) is 0 Å². The molecule has 352 valence electrons. The molecule has 33 heteroatoms. The summed E-state index contributed by atoms with van der Waals surface area (Å²) < 4.78 is 112. The number of hydrogen-bond donors (Lipinski definition) is 14. The summed E-state index contributed by atoms with van der Waals surface area (Å²) >= 11 is 0. The summed E-state index contributed by atoms with van der Waals surface area (Å²) in [7, 11) is -10.8. The highest BCUT2D eigenvalue weighted by Gasteiger charge is 2.58. The van der Waals surface area contributed by atoms with E-state index in [-0.39, 0.29) is 0 Å². The van der Waals surface area contributed by atoms with E-state index in [1.54, 1.807) is 0 Å². The van der Waals surface area contributed by atoms with Crippen LogP contribution in [0.5, 0.6) is 0 Å². The lowest BCUT2D eigenvalue weighted by Gasteiger charge is -2.50. The topological polar surface area (TPSA) is 486 Å². The van der Waals surface area contributed by atoms with E-state index < -0.39 is 180 Å². The summed E-state index contributed by atoms with van der Waals surface area (Å²) in [6, 6.07) is -3.94. The van der Waals surface area contributed by atoms with Gasteiger partial charge in [-0.05, 0) is 0 Å². The normalized spacial score (nSPS) is 42.3. The van der Waals surface area contributed by atoms with Gasteiger partial charge in [0.2, 0.25) is 11.8 Å². The highest BCUT2D eigenvalue weighted by molar-refractivity contribution is 7.81. The Balaban J connectivity index is 1.72. The fourth-order valence-corrected chi connectivity index (χ4v) is 7.50. The minimum atomic E-state index is -5.48. The first-order valence-electron chi connectivity index (χ1n) is 17.4. The van der Waals surface area contributed by atoms with Crippen LogP contribution in [0.1, 0.15) is 13.8 Å². The maximum atomic E-state index is 12.6. The molecule has 4 fully saturated rings. The Kier molecular flexibility index (Phi) is 16.8. The molecule has 0 aromatic carbocycles. The minimum absolute atomic E-state index is 0.854. The van der Waals surface area contributed by atoms with Gasteiger partial charge in [-0.25, -0.2) is 18.0 Å². The van der Waals surface area contributed by atoms with Gasteiger partial charge >= 0.3 is 32.7 Å². The maximum Gasteiger partial charge on any atom is 0.397 e. The highest BCUT2D eigenvalue weighted by Crippen LogP contribution is 2.35. The van der Waals surface area contributed by atoms with Gasteiger partial charge in [-0.15, -0.1) is 0 Å².